The summed E-state index contributed by atoms with van der Waals surface area (Å²) in [6, 6.07) is 20.1. The molecule has 1 amide bonds. The number of hydrogen-bond acceptors (Lipinski definition) is 6. The van der Waals surface area contributed by atoms with Gasteiger partial charge in [-0.3, -0.25) is 9.69 Å². The quantitative estimate of drug-likeness (QED) is 0.393. The molecule has 37 heavy (non-hydrogen) atoms. The van der Waals surface area contributed by atoms with Crippen molar-refractivity contribution in [2.45, 2.75) is 45.2 Å². The van der Waals surface area contributed by atoms with Gasteiger partial charge in [0.25, 0.3) is 5.91 Å². The molecule has 1 saturated heterocycles. The van der Waals surface area contributed by atoms with Crippen molar-refractivity contribution in [3.63, 3.8) is 0 Å². The van der Waals surface area contributed by atoms with Gasteiger partial charge in [0, 0.05) is 43.9 Å². The van der Waals surface area contributed by atoms with E-state index in [4.69, 9.17) is 9.51 Å². The minimum absolute atomic E-state index is 0.0178. The van der Waals surface area contributed by atoms with Crippen molar-refractivity contribution >= 4 is 5.91 Å². The molecule has 0 radical (unpaired) electrons. The fraction of sp³-hybridized carbons (Fsp3) is 0.379. The van der Waals surface area contributed by atoms with E-state index >= 15 is 0 Å². The summed E-state index contributed by atoms with van der Waals surface area (Å²) in [5, 5.41) is 4.17. The second-order valence-corrected chi connectivity index (χ2v) is 9.89. The van der Waals surface area contributed by atoms with Crippen LogP contribution in [0.1, 0.15) is 54.3 Å². The molecule has 0 aliphatic carbocycles. The van der Waals surface area contributed by atoms with Crippen molar-refractivity contribution in [3.8, 4) is 22.8 Å². The molecule has 0 spiro atoms. The fourth-order valence-electron chi connectivity index (χ4n) is 5.43. The molecule has 2 aliphatic rings. The van der Waals surface area contributed by atoms with E-state index in [1.807, 2.05) is 53.4 Å². The third kappa shape index (κ3) is 4.69. The van der Waals surface area contributed by atoms with Gasteiger partial charge in [-0.15, -0.1) is 0 Å². The maximum Gasteiger partial charge on any atom is 0.274 e. The highest BCUT2D eigenvalue weighted by molar-refractivity contribution is 5.94. The van der Waals surface area contributed by atoms with Gasteiger partial charge in [-0.25, -0.2) is 4.98 Å². The summed E-state index contributed by atoms with van der Waals surface area (Å²) in [7, 11) is 0. The zero-order valence-corrected chi connectivity index (χ0v) is 21.2. The molecule has 0 N–H and O–H groups in total. The average Bonchev–Trinajstić information content (AvgIpc) is 3.52. The van der Waals surface area contributed by atoms with E-state index in [2.05, 4.69) is 38.7 Å². The number of nitrogens with zero attached hydrogens (tertiary/aromatic N) is 6. The molecule has 0 bridgehead atoms. The number of fused-ring (bicyclic) bond motifs is 1. The van der Waals surface area contributed by atoms with Crippen LogP contribution in [0.25, 0.3) is 22.8 Å². The Bertz CT molecular complexity index is 1360. The standard InChI is InChI=1S/C29H32N6O2/c1-21(28-31-26(32-37-28)22-11-5-2-6-12-22)33-17-19-34(20-18-33)29(36)25-24-15-9-4-10-16-35(24)27(30-25)23-13-7-3-8-14-23/h2-3,5-8,11-14,21H,4,9-10,15-20H2,1H3. The molecule has 4 aromatic rings. The Morgan fingerprint density at radius 3 is 2.27 bits per heavy atom. The van der Waals surface area contributed by atoms with Crippen molar-refractivity contribution in [2.24, 2.45) is 0 Å². The number of imidazole rings is 1. The summed E-state index contributed by atoms with van der Waals surface area (Å²) in [4.78, 5) is 27.6. The molecule has 4 heterocycles. The predicted octanol–water partition coefficient (Wildman–Crippen LogP) is 4.85. The summed E-state index contributed by atoms with van der Waals surface area (Å²) >= 11 is 0. The van der Waals surface area contributed by atoms with Crippen LogP contribution in [-0.2, 0) is 13.0 Å². The zero-order chi connectivity index (χ0) is 25.2. The molecular weight excluding hydrogens is 464 g/mol. The molecule has 8 nitrogen and oxygen atoms in total. The van der Waals surface area contributed by atoms with Gasteiger partial charge in [-0.2, -0.15) is 4.98 Å². The Hall–Kier alpha value is -3.78. The second kappa shape index (κ2) is 10.3. The molecular formula is C29H32N6O2. The number of aromatic nitrogens is 4. The Morgan fingerprint density at radius 1 is 0.838 bits per heavy atom. The first-order valence-corrected chi connectivity index (χ1v) is 13.3. The summed E-state index contributed by atoms with van der Waals surface area (Å²) in [5.74, 6) is 2.17. The summed E-state index contributed by atoms with van der Waals surface area (Å²) in [6.45, 7) is 5.79. The molecule has 2 aliphatic heterocycles. The number of carbonyl (C=O) groups is 1. The Labute approximate surface area is 216 Å². The lowest BCUT2D eigenvalue weighted by Gasteiger charge is -2.36. The number of piperazine rings is 1. The maximum absolute atomic E-state index is 13.7. The highest BCUT2D eigenvalue weighted by Gasteiger charge is 2.32. The van der Waals surface area contributed by atoms with Crippen LogP contribution in [0.3, 0.4) is 0 Å². The van der Waals surface area contributed by atoms with Crippen LogP contribution in [0.2, 0.25) is 0 Å². The van der Waals surface area contributed by atoms with Gasteiger partial charge in [0.2, 0.25) is 11.7 Å². The van der Waals surface area contributed by atoms with E-state index in [1.165, 1.54) is 6.42 Å². The van der Waals surface area contributed by atoms with E-state index in [-0.39, 0.29) is 11.9 Å². The van der Waals surface area contributed by atoms with Gasteiger partial charge in [0.05, 0.1) is 11.7 Å². The van der Waals surface area contributed by atoms with Crippen LogP contribution in [0, 0.1) is 0 Å². The third-order valence-electron chi connectivity index (χ3n) is 7.58. The molecule has 1 fully saturated rings. The highest BCUT2D eigenvalue weighted by atomic mass is 16.5. The van der Waals surface area contributed by atoms with Gasteiger partial charge in [-0.1, -0.05) is 72.2 Å². The number of amides is 1. The maximum atomic E-state index is 13.7. The molecule has 1 unspecified atom stereocenters. The fourth-order valence-corrected chi connectivity index (χ4v) is 5.43. The third-order valence-corrected chi connectivity index (χ3v) is 7.58. The van der Waals surface area contributed by atoms with Crippen LogP contribution in [-0.4, -0.2) is 61.6 Å². The lowest BCUT2D eigenvalue weighted by Crippen LogP contribution is -2.49. The largest absolute Gasteiger partial charge is 0.337 e. The van der Waals surface area contributed by atoms with E-state index in [9.17, 15) is 4.79 Å². The van der Waals surface area contributed by atoms with E-state index in [1.54, 1.807) is 0 Å². The first kappa shape index (κ1) is 23.6. The number of rotatable bonds is 5. The van der Waals surface area contributed by atoms with Gasteiger partial charge >= 0.3 is 0 Å². The molecule has 6 rings (SSSR count). The zero-order valence-electron chi connectivity index (χ0n) is 21.2. The second-order valence-electron chi connectivity index (χ2n) is 9.89. The van der Waals surface area contributed by atoms with Crippen molar-refractivity contribution < 1.29 is 9.32 Å². The van der Waals surface area contributed by atoms with Crippen LogP contribution >= 0.6 is 0 Å². The van der Waals surface area contributed by atoms with E-state index < -0.39 is 0 Å². The molecule has 1 atom stereocenters. The summed E-state index contributed by atoms with van der Waals surface area (Å²) in [6.07, 6.45) is 4.30. The first-order chi connectivity index (χ1) is 18.2. The van der Waals surface area contributed by atoms with Gasteiger partial charge < -0.3 is 14.0 Å². The molecule has 0 saturated carbocycles. The summed E-state index contributed by atoms with van der Waals surface area (Å²) in [5.41, 5.74) is 3.73. The molecule has 190 valence electrons. The topological polar surface area (TPSA) is 80.3 Å². The molecule has 2 aromatic carbocycles. The predicted molar refractivity (Wildman–Crippen MR) is 141 cm³/mol. The lowest BCUT2D eigenvalue weighted by atomic mass is 10.1. The lowest BCUT2D eigenvalue weighted by molar-refractivity contribution is 0.0546. The monoisotopic (exact) mass is 496 g/mol. The SMILES string of the molecule is CC(c1nc(-c2ccccc2)no1)N1CCN(C(=O)c2nc(-c3ccccc3)n3c2CCCCC3)CC1. The van der Waals surface area contributed by atoms with E-state index in [0.717, 1.165) is 61.5 Å². The van der Waals surface area contributed by atoms with Gasteiger partial charge in [0.1, 0.15) is 11.5 Å². The van der Waals surface area contributed by atoms with Crippen molar-refractivity contribution in [1.29, 1.82) is 0 Å². The van der Waals surface area contributed by atoms with Crippen LogP contribution in [0.5, 0.6) is 0 Å². The Balaban J connectivity index is 1.16. The minimum atomic E-state index is -0.0178. The van der Waals surface area contributed by atoms with Gasteiger partial charge in [-0.05, 0) is 26.2 Å². The van der Waals surface area contributed by atoms with Crippen molar-refractivity contribution in [1.82, 2.24) is 29.5 Å². The first-order valence-electron chi connectivity index (χ1n) is 13.3. The normalized spacial score (nSPS) is 17.3. The highest BCUT2D eigenvalue weighted by Crippen LogP contribution is 2.29. The Kier molecular flexibility index (Phi) is 6.57. The van der Waals surface area contributed by atoms with Crippen LogP contribution in [0.4, 0.5) is 0 Å². The Morgan fingerprint density at radius 2 is 1.54 bits per heavy atom. The average molecular weight is 497 g/mol. The number of carbonyl (C=O) groups excluding carboxylic acids is 1. The van der Waals surface area contributed by atoms with Crippen molar-refractivity contribution in [3.05, 3.63) is 77.9 Å². The summed E-state index contributed by atoms with van der Waals surface area (Å²) < 4.78 is 7.89. The molecule has 2 aromatic heterocycles. The minimum Gasteiger partial charge on any atom is -0.337 e. The van der Waals surface area contributed by atoms with Crippen molar-refractivity contribution in [2.75, 3.05) is 26.2 Å². The number of hydrogen-bond donors (Lipinski definition) is 0. The molecule has 8 heteroatoms. The van der Waals surface area contributed by atoms with Crippen LogP contribution < -0.4 is 0 Å². The van der Waals surface area contributed by atoms with Crippen LogP contribution in [0.15, 0.2) is 65.2 Å². The number of benzene rings is 2. The smallest absolute Gasteiger partial charge is 0.274 e. The van der Waals surface area contributed by atoms with E-state index in [0.29, 0.717) is 30.5 Å². The van der Waals surface area contributed by atoms with Gasteiger partial charge in [0.15, 0.2) is 0 Å².